The SMILES string of the molecule is CNC(=O)c1ccc(NC(=O)CNC(=O)CN)c(C)c1. The first-order valence-corrected chi connectivity index (χ1v) is 6.07. The molecule has 108 valence electrons. The summed E-state index contributed by atoms with van der Waals surface area (Å²) in [7, 11) is 1.55. The van der Waals surface area contributed by atoms with Gasteiger partial charge >= 0.3 is 0 Å². The largest absolute Gasteiger partial charge is 0.355 e. The van der Waals surface area contributed by atoms with Crippen molar-refractivity contribution in [2.24, 2.45) is 5.73 Å². The van der Waals surface area contributed by atoms with Crippen LogP contribution < -0.4 is 21.7 Å². The molecule has 7 nitrogen and oxygen atoms in total. The Bertz CT molecular complexity index is 528. The minimum Gasteiger partial charge on any atom is -0.355 e. The van der Waals surface area contributed by atoms with Crippen LogP contribution in [0.1, 0.15) is 15.9 Å². The van der Waals surface area contributed by atoms with Crippen LogP contribution in [0.2, 0.25) is 0 Å². The van der Waals surface area contributed by atoms with Gasteiger partial charge in [-0.15, -0.1) is 0 Å². The van der Waals surface area contributed by atoms with E-state index in [1.807, 2.05) is 0 Å². The molecular formula is C13H18N4O3. The number of hydrogen-bond acceptors (Lipinski definition) is 4. The molecule has 0 bridgehead atoms. The van der Waals surface area contributed by atoms with Crippen LogP contribution in [0.3, 0.4) is 0 Å². The Morgan fingerprint density at radius 3 is 2.45 bits per heavy atom. The summed E-state index contributed by atoms with van der Waals surface area (Å²) in [6.07, 6.45) is 0. The lowest BCUT2D eigenvalue weighted by Crippen LogP contribution is -2.36. The fourth-order valence-corrected chi connectivity index (χ4v) is 1.53. The minimum atomic E-state index is -0.396. The Morgan fingerprint density at radius 1 is 1.20 bits per heavy atom. The highest BCUT2D eigenvalue weighted by atomic mass is 16.2. The molecule has 1 rings (SSSR count). The Balaban J connectivity index is 2.66. The highest BCUT2D eigenvalue weighted by Gasteiger charge is 2.09. The fraction of sp³-hybridized carbons (Fsp3) is 0.308. The normalized spacial score (nSPS) is 9.75. The van der Waals surface area contributed by atoms with E-state index in [1.54, 1.807) is 32.2 Å². The Kier molecular flexibility index (Phi) is 5.67. The van der Waals surface area contributed by atoms with Crippen molar-refractivity contribution in [2.45, 2.75) is 6.92 Å². The fourth-order valence-electron chi connectivity index (χ4n) is 1.53. The molecule has 0 aliphatic carbocycles. The first-order valence-electron chi connectivity index (χ1n) is 6.07. The highest BCUT2D eigenvalue weighted by molar-refractivity contribution is 5.97. The van der Waals surface area contributed by atoms with E-state index in [2.05, 4.69) is 16.0 Å². The van der Waals surface area contributed by atoms with E-state index < -0.39 is 5.91 Å². The zero-order valence-electron chi connectivity index (χ0n) is 11.4. The standard InChI is InChI=1S/C13H18N4O3/c1-8-5-9(13(20)15-2)3-4-10(8)17-12(19)7-16-11(18)6-14/h3-5H,6-7,14H2,1-2H3,(H,15,20)(H,16,18)(H,17,19). The van der Waals surface area contributed by atoms with Gasteiger partial charge in [0.1, 0.15) is 0 Å². The van der Waals surface area contributed by atoms with Crippen LogP contribution >= 0.6 is 0 Å². The lowest BCUT2D eigenvalue weighted by molar-refractivity contribution is -0.123. The van der Waals surface area contributed by atoms with Gasteiger partial charge in [-0.2, -0.15) is 0 Å². The molecule has 0 aliphatic heterocycles. The van der Waals surface area contributed by atoms with Gasteiger partial charge < -0.3 is 21.7 Å². The van der Waals surface area contributed by atoms with E-state index in [9.17, 15) is 14.4 Å². The van der Waals surface area contributed by atoms with Crippen LogP contribution in [0.5, 0.6) is 0 Å². The van der Waals surface area contributed by atoms with Crippen LogP contribution in [0.15, 0.2) is 18.2 Å². The number of nitrogens with two attached hydrogens (primary N) is 1. The Morgan fingerprint density at radius 2 is 1.90 bits per heavy atom. The van der Waals surface area contributed by atoms with Crippen molar-refractivity contribution in [3.05, 3.63) is 29.3 Å². The van der Waals surface area contributed by atoms with E-state index in [0.29, 0.717) is 11.3 Å². The molecule has 0 aromatic heterocycles. The summed E-state index contributed by atoms with van der Waals surface area (Å²) < 4.78 is 0. The first kappa shape index (κ1) is 15.6. The summed E-state index contributed by atoms with van der Waals surface area (Å²) in [5.74, 6) is -0.949. The molecule has 0 atom stereocenters. The molecule has 0 spiro atoms. The molecule has 0 fully saturated rings. The molecule has 0 aliphatic rings. The summed E-state index contributed by atoms with van der Waals surface area (Å²) >= 11 is 0. The van der Waals surface area contributed by atoms with E-state index in [4.69, 9.17) is 5.73 Å². The highest BCUT2D eigenvalue weighted by Crippen LogP contribution is 2.16. The third kappa shape index (κ3) is 4.36. The van der Waals surface area contributed by atoms with Crippen LogP contribution in [0.4, 0.5) is 5.69 Å². The van der Waals surface area contributed by atoms with Crippen molar-refractivity contribution in [3.63, 3.8) is 0 Å². The minimum absolute atomic E-state index is 0.146. The maximum atomic E-state index is 11.6. The van der Waals surface area contributed by atoms with Crippen LogP contribution in [0, 0.1) is 6.92 Å². The molecule has 1 aromatic rings. The second-order valence-electron chi connectivity index (χ2n) is 4.14. The number of amides is 3. The summed E-state index contributed by atoms with van der Waals surface area (Å²) in [5.41, 5.74) is 6.97. The van der Waals surface area contributed by atoms with Gasteiger partial charge in [0.2, 0.25) is 11.8 Å². The van der Waals surface area contributed by atoms with Gasteiger partial charge in [0.05, 0.1) is 13.1 Å². The third-order valence-electron chi connectivity index (χ3n) is 2.62. The predicted molar refractivity (Wildman–Crippen MR) is 75.3 cm³/mol. The van der Waals surface area contributed by atoms with Crippen molar-refractivity contribution in [2.75, 3.05) is 25.5 Å². The molecule has 1 aromatic carbocycles. The Hall–Kier alpha value is -2.41. The molecule has 0 saturated heterocycles. The molecule has 20 heavy (non-hydrogen) atoms. The van der Waals surface area contributed by atoms with E-state index in [0.717, 1.165) is 5.56 Å². The van der Waals surface area contributed by atoms with Gasteiger partial charge in [0, 0.05) is 18.3 Å². The zero-order valence-corrected chi connectivity index (χ0v) is 11.4. The van der Waals surface area contributed by atoms with Gasteiger partial charge in [-0.25, -0.2) is 0 Å². The first-order chi connectivity index (χ1) is 9.47. The molecule has 0 radical (unpaired) electrons. The third-order valence-corrected chi connectivity index (χ3v) is 2.62. The molecule has 0 heterocycles. The second-order valence-corrected chi connectivity index (χ2v) is 4.14. The maximum Gasteiger partial charge on any atom is 0.251 e. The van der Waals surface area contributed by atoms with Gasteiger partial charge in [0.25, 0.3) is 5.91 Å². The summed E-state index contributed by atoms with van der Waals surface area (Å²) in [5, 5.41) is 7.54. The average molecular weight is 278 g/mol. The topological polar surface area (TPSA) is 113 Å². The molecule has 3 amide bonds. The van der Waals surface area contributed by atoms with Crippen molar-refractivity contribution < 1.29 is 14.4 Å². The van der Waals surface area contributed by atoms with Crippen LogP contribution in [0.25, 0.3) is 0 Å². The molecule has 0 unspecified atom stereocenters. The van der Waals surface area contributed by atoms with Gasteiger partial charge in [-0.05, 0) is 30.7 Å². The van der Waals surface area contributed by atoms with Crippen molar-refractivity contribution in [1.82, 2.24) is 10.6 Å². The number of hydrogen-bond donors (Lipinski definition) is 4. The number of carbonyl (C=O) groups excluding carboxylic acids is 3. The second kappa shape index (κ2) is 7.25. The number of nitrogens with one attached hydrogen (secondary N) is 3. The summed E-state index contributed by atoms with van der Waals surface area (Å²) in [6.45, 7) is 1.47. The van der Waals surface area contributed by atoms with E-state index in [1.165, 1.54) is 0 Å². The number of benzene rings is 1. The Labute approximate surface area is 116 Å². The van der Waals surface area contributed by atoms with Gasteiger partial charge in [-0.1, -0.05) is 0 Å². The predicted octanol–water partition coefficient (Wildman–Crippen LogP) is -0.632. The van der Waals surface area contributed by atoms with E-state index >= 15 is 0 Å². The lowest BCUT2D eigenvalue weighted by atomic mass is 10.1. The average Bonchev–Trinajstić information content (AvgIpc) is 2.45. The van der Waals surface area contributed by atoms with Gasteiger partial charge in [0.15, 0.2) is 0 Å². The number of rotatable bonds is 5. The molecule has 0 saturated carbocycles. The lowest BCUT2D eigenvalue weighted by Gasteiger charge is -2.10. The van der Waals surface area contributed by atoms with Crippen molar-refractivity contribution >= 4 is 23.4 Å². The number of anilines is 1. The summed E-state index contributed by atoms with van der Waals surface area (Å²) in [6, 6.07) is 4.93. The molecule has 7 heteroatoms. The van der Waals surface area contributed by atoms with Crippen molar-refractivity contribution in [3.8, 4) is 0 Å². The quantitative estimate of drug-likeness (QED) is 0.574. The van der Waals surface area contributed by atoms with Crippen LogP contribution in [-0.4, -0.2) is 37.9 Å². The summed E-state index contributed by atoms with van der Waals surface area (Å²) in [4.78, 5) is 34.0. The van der Waals surface area contributed by atoms with Gasteiger partial charge in [-0.3, -0.25) is 14.4 Å². The smallest absolute Gasteiger partial charge is 0.251 e. The van der Waals surface area contributed by atoms with E-state index in [-0.39, 0.29) is 24.9 Å². The molecule has 5 N–H and O–H groups in total. The maximum absolute atomic E-state index is 11.6. The van der Waals surface area contributed by atoms with Crippen LogP contribution in [-0.2, 0) is 9.59 Å². The zero-order chi connectivity index (χ0) is 15.1. The monoisotopic (exact) mass is 278 g/mol. The number of aryl methyl sites for hydroxylation is 1. The molecular weight excluding hydrogens is 260 g/mol. The number of carbonyl (C=O) groups is 3. The van der Waals surface area contributed by atoms with Crippen molar-refractivity contribution in [1.29, 1.82) is 0 Å².